The van der Waals surface area contributed by atoms with Crippen LogP contribution in [0.3, 0.4) is 0 Å². The first kappa shape index (κ1) is 12.8. The number of nitriles is 1. The van der Waals surface area contributed by atoms with Crippen LogP contribution in [0.1, 0.15) is 11.1 Å². The zero-order valence-corrected chi connectivity index (χ0v) is 10.5. The molecule has 0 unspecified atom stereocenters. The van der Waals surface area contributed by atoms with E-state index in [1.54, 1.807) is 13.2 Å². The molecule has 0 atom stereocenters. The Balaban J connectivity index is 1.95. The highest BCUT2D eigenvalue weighted by Gasteiger charge is 2.10. The largest absolute Gasteiger partial charge is 0.495 e. The third kappa shape index (κ3) is 3.20. The van der Waals surface area contributed by atoms with Crippen molar-refractivity contribution in [2.45, 2.75) is 6.54 Å². The normalized spacial score (nSPS) is 16.2. The van der Waals surface area contributed by atoms with Crippen molar-refractivity contribution in [3.8, 4) is 11.8 Å². The van der Waals surface area contributed by atoms with E-state index in [9.17, 15) is 0 Å². The molecule has 1 aromatic carbocycles. The first-order chi connectivity index (χ1) is 8.83. The standard InChI is InChI=1S/C13H17N3O2/c1-17-13-8-11(2-3-12(13)9-14)10-15-16-4-6-18-7-5-16/h2-3,8,15H,4-7,10H2,1H3. The lowest BCUT2D eigenvalue weighted by atomic mass is 10.1. The molecule has 2 rings (SSSR count). The summed E-state index contributed by atoms with van der Waals surface area (Å²) < 4.78 is 10.5. The SMILES string of the molecule is COc1cc(CNN2CCOCC2)ccc1C#N. The molecule has 0 amide bonds. The number of rotatable bonds is 4. The number of nitrogens with one attached hydrogen (secondary N) is 1. The maximum Gasteiger partial charge on any atom is 0.136 e. The number of hydrogen-bond acceptors (Lipinski definition) is 5. The summed E-state index contributed by atoms with van der Waals surface area (Å²) in [6.07, 6.45) is 0. The molecule has 5 nitrogen and oxygen atoms in total. The van der Waals surface area contributed by atoms with Crippen LogP contribution in [0.5, 0.6) is 5.75 Å². The van der Waals surface area contributed by atoms with Gasteiger partial charge in [-0.15, -0.1) is 0 Å². The summed E-state index contributed by atoms with van der Waals surface area (Å²) in [5, 5.41) is 11.1. The zero-order valence-electron chi connectivity index (χ0n) is 10.5. The molecule has 1 aliphatic rings. The fraction of sp³-hybridized carbons (Fsp3) is 0.462. The van der Waals surface area contributed by atoms with E-state index in [1.165, 1.54) is 0 Å². The van der Waals surface area contributed by atoms with Gasteiger partial charge in [0.15, 0.2) is 0 Å². The molecule has 1 heterocycles. The predicted molar refractivity (Wildman–Crippen MR) is 66.9 cm³/mol. The van der Waals surface area contributed by atoms with E-state index in [0.717, 1.165) is 38.4 Å². The van der Waals surface area contributed by atoms with E-state index in [1.807, 2.05) is 12.1 Å². The van der Waals surface area contributed by atoms with Crippen LogP contribution in [0, 0.1) is 11.3 Å². The van der Waals surface area contributed by atoms with Crippen LogP contribution in [-0.2, 0) is 11.3 Å². The summed E-state index contributed by atoms with van der Waals surface area (Å²) in [6, 6.07) is 7.73. The lowest BCUT2D eigenvalue weighted by Crippen LogP contribution is -2.45. The van der Waals surface area contributed by atoms with Crippen LogP contribution in [0.15, 0.2) is 18.2 Å². The number of hydrogen-bond donors (Lipinski definition) is 1. The first-order valence-corrected chi connectivity index (χ1v) is 5.96. The van der Waals surface area contributed by atoms with Gasteiger partial charge in [0, 0.05) is 19.6 Å². The number of methoxy groups -OCH3 is 1. The second kappa shape index (κ2) is 6.36. The third-order valence-corrected chi connectivity index (χ3v) is 2.90. The Hall–Kier alpha value is -1.61. The van der Waals surface area contributed by atoms with Crippen LogP contribution >= 0.6 is 0 Å². The van der Waals surface area contributed by atoms with E-state index in [4.69, 9.17) is 14.7 Å². The van der Waals surface area contributed by atoms with Crippen molar-refractivity contribution in [2.24, 2.45) is 0 Å². The highest BCUT2D eigenvalue weighted by atomic mass is 16.5. The molecule has 0 aromatic heterocycles. The van der Waals surface area contributed by atoms with Crippen molar-refractivity contribution in [1.82, 2.24) is 10.4 Å². The second-order valence-electron chi connectivity index (χ2n) is 4.08. The van der Waals surface area contributed by atoms with Gasteiger partial charge in [-0.2, -0.15) is 5.26 Å². The average molecular weight is 247 g/mol. The molecule has 1 aromatic rings. The Kier molecular flexibility index (Phi) is 4.53. The topological polar surface area (TPSA) is 57.5 Å². The lowest BCUT2D eigenvalue weighted by molar-refractivity contribution is 0.0105. The monoisotopic (exact) mass is 247 g/mol. The van der Waals surface area contributed by atoms with Crippen molar-refractivity contribution < 1.29 is 9.47 Å². The molecule has 1 aliphatic heterocycles. The van der Waals surface area contributed by atoms with Crippen LogP contribution < -0.4 is 10.2 Å². The molecule has 1 fully saturated rings. The molecule has 18 heavy (non-hydrogen) atoms. The maximum atomic E-state index is 8.91. The fourth-order valence-electron chi connectivity index (χ4n) is 1.86. The number of nitrogens with zero attached hydrogens (tertiary/aromatic N) is 2. The number of ether oxygens (including phenoxy) is 2. The van der Waals surface area contributed by atoms with Gasteiger partial charge in [0.1, 0.15) is 11.8 Å². The molecule has 1 saturated heterocycles. The van der Waals surface area contributed by atoms with E-state index in [2.05, 4.69) is 16.5 Å². The van der Waals surface area contributed by atoms with Crippen molar-refractivity contribution in [2.75, 3.05) is 33.4 Å². The highest BCUT2D eigenvalue weighted by molar-refractivity contribution is 5.45. The third-order valence-electron chi connectivity index (χ3n) is 2.90. The van der Waals surface area contributed by atoms with Crippen molar-refractivity contribution >= 4 is 0 Å². The average Bonchev–Trinajstić information content (AvgIpc) is 2.45. The summed E-state index contributed by atoms with van der Waals surface area (Å²) in [6.45, 7) is 4.05. The summed E-state index contributed by atoms with van der Waals surface area (Å²) in [4.78, 5) is 0. The molecule has 0 spiro atoms. The second-order valence-corrected chi connectivity index (χ2v) is 4.08. The van der Waals surface area contributed by atoms with Gasteiger partial charge in [0.2, 0.25) is 0 Å². The Morgan fingerprint density at radius 1 is 1.44 bits per heavy atom. The smallest absolute Gasteiger partial charge is 0.136 e. The minimum Gasteiger partial charge on any atom is -0.495 e. The maximum absolute atomic E-state index is 8.91. The molecule has 1 N–H and O–H groups in total. The van der Waals surface area contributed by atoms with Gasteiger partial charge in [-0.1, -0.05) is 6.07 Å². The van der Waals surface area contributed by atoms with Crippen molar-refractivity contribution in [3.63, 3.8) is 0 Å². The van der Waals surface area contributed by atoms with Crippen LogP contribution in [0.4, 0.5) is 0 Å². The minimum absolute atomic E-state index is 0.563. The van der Waals surface area contributed by atoms with Gasteiger partial charge in [-0.05, 0) is 17.7 Å². The molecule has 0 saturated carbocycles. The van der Waals surface area contributed by atoms with E-state index in [-0.39, 0.29) is 0 Å². The molecule has 5 heteroatoms. The van der Waals surface area contributed by atoms with Gasteiger partial charge in [0.25, 0.3) is 0 Å². The van der Waals surface area contributed by atoms with Crippen LogP contribution in [0.25, 0.3) is 0 Å². The molecule has 0 bridgehead atoms. The summed E-state index contributed by atoms with van der Waals surface area (Å²) >= 11 is 0. The molecular formula is C13H17N3O2. The number of benzene rings is 1. The van der Waals surface area contributed by atoms with Gasteiger partial charge >= 0.3 is 0 Å². The van der Waals surface area contributed by atoms with Crippen molar-refractivity contribution in [3.05, 3.63) is 29.3 Å². The van der Waals surface area contributed by atoms with E-state index < -0.39 is 0 Å². The van der Waals surface area contributed by atoms with Gasteiger partial charge in [0.05, 0.1) is 25.9 Å². The van der Waals surface area contributed by atoms with Gasteiger partial charge < -0.3 is 9.47 Å². The Morgan fingerprint density at radius 3 is 2.89 bits per heavy atom. The van der Waals surface area contributed by atoms with Crippen LogP contribution in [-0.4, -0.2) is 38.4 Å². The summed E-state index contributed by atoms with van der Waals surface area (Å²) in [5.41, 5.74) is 5.00. The van der Waals surface area contributed by atoms with Crippen molar-refractivity contribution in [1.29, 1.82) is 5.26 Å². The van der Waals surface area contributed by atoms with Crippen LogP contribution in [0.2, 0.25) is 0 Å². The molecule has 96 valence electrons. The lowest BCUT2D eigenvalue weighted by Gasteiger charge is -2.27. The quantitative estimate of drug-likeness (QED) is 0.856. The van der Waals surface area contributed by atoms with E-state index >= 15 is 0 Å². The minimum atomic E-state index is 0.563. The Labute approximate surface area is 107 Å². The van der Waals surface area contributed by atoms with Gasteiger partial charge in [-0.3, -0.25) is 5.43 Å². The molecule has 0 radical (unpaired) electrons. The molecule has 0 aliphatic carbocycles. The Bertz CT molecular complexity index is 436. The van der Waals surface area contributed by atoms with E-state index in [0.29, 0.717) is 11.3 Å². The molecular weight excluding hydrogens is 230 g/mol. The summed E-state index contributed by atoms with van der Waals surface area (Å²) in [7, 11) is 1.58. The summed E-state index contributed by atoms with van der Waals surface area (Å²) in [5.74, 6) is 0.624. The van der Waals surface area contributed by atoms with Gasteiger partial charge in [-0.25, -0.2) is 5.01 Å². The fourth-order valence-corrected chi connectivity index (χ4v) is 1.86. The first-order valence-electron chi connectivity index (χ1n) is 5.96. The zero-order chi connectivity index (χ0) is 12.8. The number of hydrazine groups is 1. The highest BCUT2D eigenvalue weighted by Crippen LogP contribution is 2.19. The predicted octanol–water partition coefficient (Wildman–Crippen LogP) is 0.904. The Morgan fingerprint density at radius 2 is 2.22 bits per heavy atom. The number of morpholine rings is 1.